The molecule has 1 N–H and O–H groups in total. The van der Waals surface area contributed by atoms with Crippen molar-refractivity contribution in [1.29, 1.82) is 0 Å². The fraction of sp³-hybridized carbons (Fsp3) is 0.643. The fourth-order valence-corrected chi connectivity index (χ4v) is 2.85. The number of aryl methyl sites for hydroxylation is 1. The molecule has 108 valence electrons. The van der Waals surface area contributed by atoms with Gasteiger partial charge in [0, 0.05) is 25.5 Å². The van der Waals surface area contributed by atoms with Gasteiger partial charge in [0.05, 0.1) is 0 Å². The molecule has 2 aromatic rings. The Balaban J connectivity index is 1.73. The predicted octanol–water partition coefficient (Wildman–Crippen LogP) is 1.26. The molecule has 0 atom stereocenters. The highest BCUT2D eigenvalue weighted by Crippen LogP contribution is 2.24. The molecule has 0 radical (unpaired) electrons. The number of hydrogen-bond donors (Lipinski definition) is 1. The second kappa shape index (κ2) is 5.75. The minimum Gasteiger partial charge on any atom is -0.353 e. The number of fused-ring (bicyclic) bond motifs is 1. The third-order valence-corrected chi connectivity index (χ3v) is 4.08. The fourth-order valence-electron chi connectivity index (χ4n) is 2.85. The summed E-state index contributed by atoms with van der Waals surface area (Å²) in [5.74, 6) is 2.66. The van der Waals surface area contributed by atoms with E-state index < -0.39 is 0 Å². The molecule has 1 fully saturated rings. The first-order chi connectivity index (χ1) is 9.79. The van der Waals surface area contributed by atoms with E-state index in [1.165, 1.54) is 12.8 Å². The van der Waals surface area contributed by atoms with E-state index in [0.29, 0.717) is 0 Å². The Kier molecular flexibility index (Phi) is 3.82. The Bertz CT molecular complexity index is 570. The van der Waals surface area contributed by atoms with Crippen molar-refractivity contribution < 1.29 is 0 Å². The molecule has 0 bridgehead atoms. The first-order valence-corrected chi connectivity index (χ1v) is 7.41. The Morgan fingerprint density at radius 3 is 2.85 bits per heavy atom. The molecule has 1 saturated heterocycles. The summed E-state index contributed by atoms with van der Waals surface area (Å²) in [4.78, 5) is 6.86. The molecule has 0 aliphatic carbocycles. The van der Waals surface area contributed by atoms with Crippen molar-refractivity contribution in [2.75, 3.05) is 31.1 Å². The maximum absolute atomic E-state index is 4.52. The zero-order chi connectivity index (χ0) is 13.9. The summed E-state index contributed by atoms with van der Waals surface area (Å²) in [5, 5.41) is 11.8. The Labute approximate surface area is 119 Å². The highest BCUT2D eigenvalue weighted by atomic mass is 15.3. The van der Waals surface area contributed by atoms with Crippen LogP contribution in [0.15, 0.2) is 12.4 Å². The number of aromatic nitrogens is 4. The molecular weight excluding hydrogens is 252 g/mol. The van der Waals surface area contributed by atoms with Crippen molar-refractivity contribution in [2.45, 2.75) is 26.7 Å². The molecule has 6 heteroatoms. The summed E-state index contributed by atoms with van der Waals surface area (Å²) in [5.41, 5.74) is 0.870. The van der Waals surface area contributed by atoms with Crippen LogP contribution in [0, 0.1) is 12.8 Å². The topological polar surface area (TPSA) is 58.4 Å². The van der Waals surface area contributed by atoms with Gasteiger partial charge in [-0.2, -0.15) is 0 Å². The van der Waals surface area contributed by atoms with Gasteiger partial charge in [0.1, 0.15) is 5.82 Å². The van der Waals surface area contributed by atoms with Gasteiger partial charge in [0.15, 0.2) is 5.82 Å². The highest BCUT2D eigenvalue weighted by Gasteiger charge is 2.22. The summed E-state index contributed by atoms with van der Waals surface area (Å²) in [6.07, 6.45) is 6.18. The van der Waals surface area contributed by atoms with E-state index in [4.69, 9.17) is 0 Å². The second-order valence-corrected chi connectivity index (χ2v) is 5.43. The van der Waals surface area contributed by atoms with E-state index in [0.717, 1.165) is 49.4 Å². The molecule has 0 saturated carbocycles. The average molecular weight is 274 g/mol. The summed E-state index contributed by atoms with van der Waals surface area (Å²) in [6.45, 7) is 8.41. The van der Waals surface area contributed by atoms with Crippen molar-refractivity contribution in [3.63, 3.8) is 0 Å². The number of nitrogens with zero attached hydrogens (tertiary/aromatic N) is 5. The Morgan fingerprint density at radius 1 is 1.30 bits per heavy atom. The summed E-state index contributed by atoms with van der Waals surface area (Å²) >= 11 is 0. The van der Waals surface area contributed by atoms with E-state index >= 15 is 0 Å². The maximum atomic E-state index is 4.52. The third kappa shape index (κ3) is 2.47. The number of nitrogens with one attached hydrogen (secondary N) is 1. The van der Waals surface area contributed by atoms with Gasteiger partial charge < -0.3 is 10.2 Å². The van der Waals surface area contributed by atoms with E-state index in [1.54, 1.807) is 0 Å². The van der Waals surface area contributed by atoms with E-state index in [-0.39, 0.29) is 0 Å². The standard InChI is InChI=1S/C14H22N6/c1-3-15-10-12-4-7-19(8-5-12)13-14-18-17-11(2)20(14)9-6-16-13/h6,9,12,15H,3-5,7-8,10H2,1-2H3. The van der Waals surface area contributed by atoms with Crippen LogP contribution in [0.4, 0.5) is 5.82 Å². The van der Waals surface area contributed by atoms with Gasteiger partial charge in [-0.05, 0) is 38.8 Å². The van der Waals surface area contributed by atoms with Crippen LogP contribution < -0.4 is 10.2 Å². The lowest BCUT2D eigenvalue weighted by atomic mass is 9.97. The number of piperidine rings is 1. The first kappa shape index (κ1) is 13.3. The molecule has 0 amide bonds. The van der Waals surface area contributed by atoms with Crippen molar-refractivity contribution in [3.8, 4) is 0 Å². The first-order valence-electron chi connectivity index (χ1n) is 7.41. The lowest BCUT2D eigenvalue weighted by molar-refractivity contribution is 0.385. The molecule has 0 unspecified atom stereocenters. The van der Waals surface area contributed by atoms with Crippen LogP contribution in [-0.4, -0.2) is 45.8 Å². The second-order valence-electron chi connectivity index (χ2n) is 5.43. The van der Waals surface area contributed by atoms with Gasteiger partial charge in [0.2, 0.25) is 5.65 Å². The van der Waals surface area contributed by atoms with E-state index in [9.17, 15) is 0 Å². The van der Waals surface area contributed by atoms with Crippen LogP contribution in [0.3, 0.4) is 0 Å². The van der Waals surface area contributed by atoms with Crippen LogP contribution in [-0.2, 0) is 0 Å². The van der Waals surface area contributed by atoms with Gasteiger partial charge in [-0.15, -0.1) is 10.2 Å². The van der Waals surface area contributed by atoms with Gasteiger partial charge in [-0.25, -0.2) is 4.98 Å². The molecule has 1 aliphatic rings. The van der Waals surface area contributed by atoms with E-state index in [1.807, 2.05) is 23.7 Å². The van der Waals surface area contributed by atoms with Crippen molar-refractivity contribution in [3.05, 3.63) is 18.2 Å². The minimum absolute atomic E-state index is 0.783. The SMILES string of the molecule is CCNCC1CCN(c2nccn3c(C)nnc23)CC1. The Morgan fingerprint density at radius 2 is 2.10 bits per heavy atom. The average Bonchev–Trinajstić information content (AvgIpc) is 2.87. The van der Waals surface area contributed by atoms with Crippen LogP contribution >= 0.6 is 0 Å². The third-order valence-electron chi connectivity index (χ3n) is 4.08. The maximum Gasteiger partial charge on any atom is 0.203 e. The summed E-state index contributed by atoms with van der Waals surface area (Å²) < 4.78 is 2.01. The monoisotopic (exact) mass is 274 g/mol. The quantitative estimate of drug-likeness (QED) is 0.909. The van der Waals surface area contributed by atoms with Crippen molar-refractivity contribution in [2.24, 2.45) is 5.92 Å². The molecule has 3 heterocycles. The summed E-state index contributed by atoms with van der Waals surface area (Å²) in [6, 6.07) is 0. The normalized spacial score (nSPS) is 17.0. The number of anilines is 1. The van der Waals surface area contributed by atoms with Gasteiger partial charge in [0.25, 0.3) is 0 Å². The number of rotatable bonds is 4. The number of hydrogen-bond acceptors (Lipinski definition) is 5. The van der Waals surface area contributed by atoms with Crippen molar-refractivity contribution >= 4 is 11.5 Å². The molecular formula is C14H22N6. The molecule has 0 spiro atoms. The molecule has 0 aromatic carbocycles. The zero-order valence-corrected chi connectivity index (χ0v) is 12.2. The van der Waals surface area contributed by atoms with Crippen molar-refractivity contribution in [1.82, 2.24) is 24.9 Å². The van der Waals surface area contributed by atoms with Gasteiger partial charge >= 0.3 is 0 Å². The van der Waals surface area contributed by atoms with Gasteiger partial charge in [-0.1, -0.05) is 6.92 Å². The lowest BCUT2D eigenvalue weighted by Gasteiger charge is -2.32. The molecule has 3 rings (SSSR count). The zero-order valence-electron chi connectivity index (χ0n) is 12.2. The predicted molar refractivity (Wildman–Crippen MR) is 79.0 cm³/mol. The van der Waals surface area contributed by atoms with Crippen LogP contribution in [0.25, 0.3) is 5.65 Å². The Hall–Kier alpha value is -1.69. The highest BCUT2D eigenvalue weighted by molar-refractivity contribution is 5.63. The molecule has 6 nitrogen and oxygen atoms in total. The van der Waals surface area contributed by atoms with Crippen LogP contribution in [0.5, 0.6) is 0 Å². The smallest absolute Gasteiger partial charge is 0.203 e. The summed E-state index contributed by atoms with van der Waals surface area (Å²) in [7, 11) is 0. The van der Waals surface area contributed by atoms with Gasteiger partial charge in [-0.3, -0.25) is 4.40 Å². The van der Waals surface area contributed by atoms with Crippen LogP contribution in [0.2, 0.25) is 0 Å². The van der Waals surface area contributed by atoms with Crippen LogP contribution in [0.1, 0.15) is 25.6 Å². The molecule has 20 heavy (non-hydrogen) atoms. The minimum atomic E-state index is 0.783. The largest absolute Gasteiger partial charge is 0.353 e. The molecule has 1 aliphatic heterocycles. The van der Waals surface area contributed by atoms with E-state index in [2.05, 4.69) is 32.3 Å². The molecule has 2 aromatic heterocycles. The lowest BCUT2D eigenvalue weighted by Crippen LogP contribution is -2.38.